The van der Waals surface area contributed by atoms with E-state index in [1.54, 1.807) is 12.1 Å². The fraction of sp³-hybridized carbons (Fsp3) is 0.350. The van der Waals surface area contributed by atoms with Gasteiger partial charge in [0.2, 0.25) is 0 Å². The molecule has 0 aliphatic carbocycles. The summed E-state index contributed by atoms with van der Waals surface area (Å²) < 4.78 is 75.5. The van der Waals surface area contributed by atoms with Crippen molar-refractivity contribution in [2.45, 2.75) is 31.0 Å². The summed E-state index contributed by atoms with van der Waals surface area (Å²) in [7, 11) is -3.26. The first-order valence-corrected chi connectivity index (χ1v) is 11.1. The van der Waals surface area contributed by atoms with Crippen molar-refractivity contribution in [2.24, 2.45) is 4.99 Å². The molecule has 2 N–H and O–H groups in total. The molecule has 0 saturated carbocycles. The molecule has 5 nitrogen and oxygen atoms in total. The molecule has 31 heavy (non-hydrogen) atoms. The Hall–Kier alpha value is -1.89. The zero-order valence-electron chi connectivity index (χ0n) is 17.0. The molecule has 0 fully saturated rings. The lowest BCUT2D eigenvalue weighted by Gasteiger charge is -2.14. The third kappa shape index (κ3) is 8.63. The standard InChI is InChI=1S/C20H23F4N3O2S.HI/c1-3-25-19(26-11-10-14-4-8-17(9-5-14)30(2,28)29)27-13-15-6-7-16(21)12-18(15)20(22,23)24;/h4-9,12H,3,10-11,13H2,1-2H3,(H2,25,26,27);1H. The first kappa shape index (κ1) is 27.1. The summed E-state index contributed by atoms with van der Waals surface area (Å²) in [5.74, 6) is -0.635. The van der Waals surface area contributed by atoms with E-state index < -0.39 is 27.4 Å². The van der Waals surface area contributed by atoms with Gasteiger partial charge in [-0.25, -0.2) is 17.8 Å². The van der Waals surface area contributed by atoms with Gasteiger partial charge in [-0.3, -0.25) is 0 Å². The number of hydrogen-bond donors (Lipinski definition) is 2. The second-order valence-corrected chi connectivity index (χ2v) is 8.60. The molecular weight excluding hydrogens is 549 g/mol. The van der Waals surface area contributed by atoms with Gasteiger partial charge in [0.15, 0.2) is 15.8 Å². The maximum atomic E-state index is 13.2. The SMILES string of the molecule is CCNC(=NCc1ccc(F)cc1C(F)(F)F)NCCc1ccc(S(C)(=O)=O)cc1.I. The monoisotopic (exact) mass is 573 g/mol. The van der Waals surface area contributed by atoms with Crippen molar-refractivity contribution in [1.29, 1.82) is 0 Å². The molecule has 11 heteroatoms. The molecule has 2 aromatic rings. The molecule has 0 radical (unpaired) electrons. The quantitative estimate of drug-likeness (QED) is 0.226. The fourth-order valence-corrected chi connectivity index (χ4v) is 3.32. The van der Waals surface area contributed by atoms with E-state index >= 15 is 0 Å². The fourth-order valence-electron chi connectivity index (χ4n) is 2.68. The minimum absolute atomic E-state index is 0. The summed E-state index contributed by atoms with van der Waals surface area (Å²) in [4.78, 5) is 4.39. The Balaban J connectivity index is 0.00000480. The molecule has 0 aliphatic rings. The number of guanidine groups is 1. The van der Waals surface area contributed by atoms with E-state index in [0.29, 0.717) is 31.5 Å². The highest BCUT2D eigenvalue weighted by Gasteiger charge is 2.33. The van der Waals surface area contributed by atoms with Gasteiger partial charge in [0.25, 0.3) is 0 Å². The van der Waals surface area contributed by atoms with Crippen LogP contribution in [0.3, 0.4) is 0 Å². The van der Waals surface area contributed by atoms with Crippen LogP contribution >= 0.6 is 24.0 Å². The van der Waals surface area contributed by atoms with Gasteiger partial charge < -0.3 is 10.6 Å². The lowest BCUT2D eigenvalue weighted by atomic mass is 10.1. The van der Waals surface area contributed by atoms with Crippen molar-refractivity contribution in [2.75, 3.05) is 19.3 Å². The summed E-state index contributed by atoms with van der Waals surface area (Å²) in [6.45, 7) is 2.48. The summed E-state index contributed by atoms with van der Waals surface area (Å²) in [5, 5.41) is 5.96. The second kappa shape index (κ2) is 11.7. The van der Waals surface area contributed by atoms with E-state index in [1.807, 2.05) is 6.92 Å². The van der Waals surface area contributed by atoms with Gasteiger partial charge in [-0.1, -0.05) is 18.2 Å². The van der Waals surface area contributed by atoms with Crippen LogP contribution in [0.4, 0.5) is 17.6 Å². The lowest BCUT2D eigenvalue weighted by Crippen LogP contribution is -2.38. The third-order valence-electron chi connectivity index (χ3n) is 4.19. The number of benzene rings is 2. The zero-order chi connectivity index (χ0) is 22.4. The van der Waals surface area contributed by atoms with Crippen LogP contribution in [0.2, 0.25) is 0 Å². The maximum Gasteiger partial charge on any atom is 0.416 e. The molecule has 0 bridgehead atoms. The van der Waals surface area contributed by atoms with E-state index in [1.165, 1.54) is 12.1 Å². The number of aliphatic imine (C=N–C) groups is 1. The van der Waals surface area contributed by atoms with E-state index in [-0.39, 0.29) is 41.0 Å². The largest absolute Gasteiger partial charge is 0.416 e. The normalized spacial score (nSPS) is 12.3. The first-order valence-electron chi connectivity index (χ1n) is 9.17. The van der Waals surface area contributed by atoms with Gasteiger partial charge in [-0.2, -0.15) is 13.2 Å². The molecule has 0 amide bonds. The van der Waals surface area contributed by atoms with Crippen LogP contribution in [-0.4, -0.2) is 33.7 Å². The molecule has 0 heterocycles. The van der Waals surface area contributed by atoms with E-state index in [0.717, 1.165) is 24.0 Å². The van der Waals surface area contributed by atoms with Crippen LogP contribution in [0.1, 0.15) is 23.6 Å². The van der Waals surface area contributed by atoms with Crippen LogP contribution in [0.15, 0.2) is 52.4 Å². The summed E-state index contributed by atoms with van der Waals surface area (Å²) in [6.07, 6.45) is -2.98. The van der Waals surface area contributed by atoms with Crippen LogP contribution in [0.25, 0.3) is 0 Å². The third-order valence-corrected chi connectivity index (χ3v) is 5.32. The van der Waals surface area contributed by atoms with Crippen molar-refractivity contribution in [3.63, 3.8) is 0 Å². The van der Waals surface area contributed by atoms with Crippen molar-refractivity contribution in [3.8, 4) is 0 Å². The Morgan fingerprint density at radius 2 is 1.71 bits per heavy atom. The van der Waals surface area contributed by atoms with Crippen molar-refractivity contribution in [1.82, 2.24) is 10.6 Å². The van der Waals surface area contributed by atoms with Crippen LogP contribution in [0.5, 0.6) is 0 Å². The highest BCUT2D eigenvalue weighted by atomic mass is 127. The molecule has 172 valence electrons. The number of nitrogens with one attached hydrogen (secondary N) is 2. The Morgan fingerprint density at radius 3 is 2.26 bits per heavy atom. The number of halogens is 5. The highest BCUT2D eigenvalue weighted by molar-refractivity contribution is 14.0. The minimum atomic E-state index is -4.67. The van der Waals surface area contributed by atoms with Gasteiger partial charge in [-0.05, 0) is 48.7 Å². The Kier molecular flexibility index (Phi) is 10.2. The Bertz CT molecular complexity index is 994. The van der Waals surface area contributed by atoms with Crippen molar-refractivity contribution in [3.05, 3.63) is 65.0 Å². The van der Waals surface area contributed by atoms with Crippen molar-refractivity contribution < 1.29 is 26.0 Å². The average Bonchev–Trinajstić information content (AvgIpc) is 2.65. The Labute approximate surface area is 196 Å². The first-order chi connectivity index (χ1) is 14.0. The molecule has 0 spiro atoms. The van der Waals surface area contributed by atoms with E-state index in [2.05, 4.69) is 15.6 Å². The van der Waals surface area contributed by atoms with E-state index in [9.17, 15) is 26.0 Å². The van der Waals surface area contributed by atoms with Crippen LogP contribution in [-0.2, 0) is 29.0 Å². The van der Waals surface area contributed by atoms with Gasteiger partial charge >= 0.3 is 6.18 Å². The summed E-state index contributed by atoms with van der Waals surface area (Å²) in [6, 6.07) is 8.97. The second-order valence-electron chi connectivity index (χ2n) is 6.59. The molecule has 2 aromatic carbocycles. The number of rotatable bonds is 7. The van der Waals surface area contributed by atoms with Crippen molar-refractivity contribution >= 4 is 39.8 Å². The van der Waals surface area contributed by atoms with Crippen LogP contribution < -0.4 is 10.6 Å². The number of sulfone groups is 1. The average molecular weight is 573 g/mol. The smallest absolute Gasteiger partial charge is 0.357 e. The predicted octanol–water partition coefficient (Wildman–Crippen LogP) is 4.16. The predicted molar refractivity (Wildman–Crippen MR) is 123 cm³/mol. The minimum Gasteiger partial charge on any atom is -0.357 e. The number of hydrogen-bond acceptors (Lipinski definition) is 3. The Morgan fingerprint density at radius 1 is 1.06 bits per heavy atom. The molecule has 0 aliphatic heterocycles. The van der Waals surface area contributed by atoms with Gasteiger partial charge in [0, 0.05) is 19.3 Å². The zero-order valence-corrected chi connectivity index (χ0v) is 20.1. The number of nitrogens with zero attached hydrogens (tertiary/aromatic N) is 1. The maximum absolute atomic E-state index is 13.2. The molecule has 0 saturated heterocycles. The molecule has 2 rings (SSSR count). The van der Waals surface area contributed by atoms with Gasteiger partial charge in [0.1, 0.15) is 5.82 Å². The summed E-state index contributed by atoms with van der Waals surface area (Å²) in [5.41, 5.74) is -0.283. The summed E-state index contributed by atoms with van der Waals surface area (Å²) >= 11 is 0. The van der Waals surface area contributed by atoms with E-state index in [4.69, 9.17) is 0 Å². The molecule has 0 aromatic heterocycles. The van der Waals surface area contributed by atoms with Crippen LogP contribution in [0, 0.1) is 5.82 Å². The van der Waals surface area contributed by atoms with Gasteiger partial charge in [-0.15, -0.1) is 24.0 Å². The molecule has 0 atom stereocenters. The number of alkyl halides is 3. The van der Waals surface area contributed by atoms with Gasteiger partial charge in [0.05, 0.1) is 17.0 Å². The molecule has 0 unspecified atom stereocenters. The highest BCUT2D eigenvalue weighted by Crippen LogP contribution is 2.32. The topological polar surface area (TPSA) is 70.6 Å². The molecular formula is C20H24F4IN3O2S. The lowest BCUT2D eigenvalue weighted by molar-refractivity contribution is -0.138.